The van der Waals surface area contributed by atoms with Crippen LogP contribution >= 0.6 is 0 Å². The molecule has 0 atom stereocenters. The van der Waals surface area contributed by atoms with Crippen LogP contribution in [0.2, 0.25) is 0 Å². The fraction of sp³-hybridized carbons (Fsp3) is 0.308. The van der Waals surface area contributed by atoms with Gasteiger partial charge in [-0.25, -0.2) is 4.79 Å². The van der Waals surface area contributed by atoms with Crippen LogP contribution in [-0.4, -0.2) is 24.6 Å². The van der Waals surface area contributed by atoms with E-state index in [1.54, 1.807) is 7.05 Å². The molecule has 0 saturated carbocycles. The Kier molecular flexibility index (Phi) is 3.65. The maximum Gasteiger partial charge on any atom is 0.314 e. The van der Waals surface area contributed by atoms with Crippen LogP contribution in [0.4, 0.5) is 4.79 Å². The summed E-state index contributed by atoms with van der Waals surface area (Å²) in [6.07, 6.45) is 12.1. The topological polar surface area (TPSA) is 56.9 Å². The second-order valence-electron chi connectivity index (χ2n) is 3.95. The smallest absolute Gasteiger partial charge is 0.314 e. The van der Waals surface area contributed by atoms with Crippen molar-refractivity contribution in [1.29, 1.82) is 0 Å². The third kappa shape index (κ3) is 2.78. The van der Waals surface area contributed by atoms with Gasteiger partial charge in [-0.1, -0.05) is 18.2 Å². The lowest BCUT2D eigenvalue weighted by atomic mass is 10.1. The summed E-state index contributed by atoms with van der Waals surface area (Å²) in [5.41, 5.74) is 3.77. The zero-order valence-corrected chi connectivity index (χ0v) is 9.92. The number of urea groups is 1. The maximum atomic E-state index is 11.0. The Morgan fingerprint density at radius 2 is 2.35 bits per heavy atom. The van der Waals surface area contributed by atoms with E-state index in [4.69, 9.17) is 0 Å². The Hall–Kier alpha value is -1.97. The molecule has 90 valence electrons. The first-order valence-electron chi connectivity index (χ1n) is 5.79. The molecule has 0 aliphatic heterocycles. The summed E-state index contributed by atoms with van der Waals surface area (Å²) >= 11 is 0. The van der Waals surface area contributed by atoms with E-state index in [1.165, 1.54) is 16.8 Å². The quantitative estimate of drug-likeness (QED) is 0.727. The first kappa shape index (κ1) is 11.5. The Balaban J connectivity index is 1.98. The molecular weight excluding hydrogens is 214 g/mol. The molecule has 3 N–H and O–H groups in total. The number of allylic oxidation sites excluding steroid dienone is 3. The maximum absolute atomic E-state index is 11.0. The Labute approximate surface area is 101 Å². The highest BCUT2D eigenvalue weighted by Crippen LogP contribution is 2.19. The van der Waals surface area contributed by atoms with E-state index >= 15 is 0 Å². The minimum Gasteiger partial charge on any atom is -0.361 e. The molecule has 0 bridgehead atoms. The number of amides is 2. The van der Waals surface area contributed by atoms with Gasteiger partial charge in [0.15, 0.2) is 0 Å². The van der Waals surface area contributed by atoms with Crippen LogP contribution in [0.15, 0.2) is 24.4 Å². The molecule has 1 aliphatic rings. The predicted molar refractivity (Wildman–Crippen MR) is 68.8 cm³/mol. The monoisotopic (exact) mass is 231 g/mol. The number of rotatable bonds is 3. The lowest BCUT2D eigenvalue weighted by Crippen LogP contribution is -2.34. The van der Waals surface area contributed by atoms with Crippen molar-refractivity contribution in [2.45, 2.75) is 12.8 Å². The fourth-order valence-corrected chi connectivity index (χ4v) is 1.94. The first-order chi connectivity index (χ1) is 8.31. The van der Waals surface area contributed by atoms with Crippen LogP contribution in [0.25, 0.3) is 6.08 Å². The molecule has 4 heteroatoms. The molecule has 1 heterocycles. The van der Waals surface area contributed by atoms with Crippen molar-refractivity contribution in [3.8, 4) is 0 Å². The minimum atomic E-state index is -0.133. The lowest BCUT2D eigenvalue weighted by Gasteiger charge is -2.05. The van der Waals surface area contributed by atoms with E-state index in [9.17, 15) is 4.79 Å². The second kappa shape index (κ2) is 5.39. The van der Waals surface area contributed by atoms with Crippen molar-refractivity contribution in [3.05, 3.63) is 41.2 Å². The third-order valence-electron chi connectivity index (χ3n) is 2.85. The molecule has 2 rings (SSSR count). The number of H-pyrrole nitrogens is 1. The summed E-state index contributed by atoms with van der Waals surface area (Å²) in [6, 6.07) is -0.133. The molecule has 0 radical (unpaired) electrons. The van der Waals surface area contributed by atoms with E-state index < -0.39 is 0 Å². The van der Waals surface area contributed by atoms with Crippen LogP contribution < -0.4 is 10.6 Å². The normalized spacial score (nSPS) is 13.0. The van der Waals surface area contributed by atoms with Gasteiger partial charge in [0.05, 0.1) is 0 Å². The fourth-order valence-electron chi connectivity index (χ4n) is 1.94. The molecule has 1 aliphatic carbocycles. The molecule has 0 unspecified atom stereocenters. The van der Waals surface area contributed by atoms with Crippen LogP contribution in [0, 0.1) is 0 Å². The van der Waals surface area contributed by atoms with Crippen molar-refractivity contribution >= 4 is 12.1 Å². The number of nitrogens with one attached hydrogen (secondary N) is 3. The van der Waals surface area contributed by atoms with Crippen molar-refractivity contribution in [2.75, 3.05) is 13.6 Å². The highest BCUT2D eigenvalue weighted by atomic mass is 16.2. The molecule has 0 fully saturated rings. The molecule has 1 aromatic heterocycles. The van der Waals surface area contributed by atoms with E-state index in [0.717, 1.165) is 12.8 Å². The van der Waals surface area contributed by atoms with Crippen LogP contribution in [0.3, 0.4) is 0 Å². The van der Waals surface area contributed by atoms with Gasteiger partial charge in [-0.15, -0.1) is 0 Å². The molecule has 1 aromatic rings. The second-order valence-corrected chi connectivity index (χ2v) is 3.95. The predicted octanol–water partition coefficient (Wildman–Crippen LogP) is 1.61. The number of hydrogen-bond acceptors (Lipinski definition) is 1. The zero-order chi connectivity index (χ0) is 12.1. The van der Waals surface area contributed by atoms with Gasteiger partial charge in [-0.05, 0) is 30.0 Å². The summed E-state index contributed by atoms with van der Waals surface area (Å²) in [4.78, 5) is 14.3. The molecule has 0 aromatic carbocycles. The molecule has 0 spiro atoms. The number of carbonyl (C=O) groups excluding carboxylic acids is 1. The molecule has 0 saturated heterocycles. The number of aromatic nitrogens is 1. The number of aromatic amines is 1. The Morgan fingerprint density at radius 3 is 3.18 bits per heavy atom. The highest BCUT2D eigenvalue weighted by molar-refractivity contribution is 5.73. The van der Waals surface area contributed by atoms with Crippen molar-refractivity contribution < 1.29 is 4.79 Å². The van der Waals surface area contributed by atoms with Gasteiger partial charge in [0.1, 0.15) is 0 Å². The minimum absolute atomic E-state index is 0.133. The van der Waals surface area contributed by atoms with Crippen molar-refractivity contribution in [2.24, 2.45) is 0 Å². The van der Waals surface area contributed by atoms with Crippen LogP contribution in [0.5, 0.6) is 0 Å². The van der Waals surface area contributed by atoms with E-state index in [2.05, 4.69) is 33.8 Å². The SMILES string of the molecule is CNC(=O)NCCc1c[nH]c2c1CC=CC=C2. The van der Waals surface area contributed by atoms with E-state index in [-0.39, 0.29) is 6.03 Å². The molecular formula is C13H17N3O. The van der Waals surface area contributed by atoms with Crippen molar-refractivity contribution in [3.63, 3.8) is 0 Å². The largest absolute Gasteiger partial charge is 0.361 e. The summed E-state index contributed by atoms with van der Waals surface area (Å²) in [6.45, 7) is 0.650. The summed E-state index contributed by atoms with van der Waals surface area (Å²) in [5.74, 6) is 0. The van der Waals surface area contributed by atoms with Gasteiger partial charge in [0, 0.05) is 25.5 Å². The highest BCUT2D eigenvalue weighted by Gasteiger charge is 2.09. The lowest BCUT2D eigenvalue weighted by molar-refractivity contribution is 0.243. The van der Waals surface area contributed by atoms with Gasteiger partial charge < -0.3 is 15.6 Å². The van der Waals surface area contributed by atoms with Crippen molar-refractivity contribution in [1.82, 2.24) is 15.6 Å². The Bertz CT molecular complexity index is 457. The van der Waals surface area contributed by atoms with Crippen LogP contribution in [-0.2, 0) is 12.8 Å². The summed E-state index contributed by atoms with van der Waals surface area (Å²) < 4.78 is 0. The Morgan fingerprint density at radius 1 is 1.47 bits per heavy atom. The van der Waals surface area contributed by atoms with Gasteiger partial charge in [-0.2, -0.15) is 0 Å². The molecule has 17 heavy (non-hydrogen) atoms. The van der Waals surface area contributed by atoms with Gasteiger partial charge in [0.25, 0.3) is 0 Å². The summed E-state index contributed by atoms with van der Waals surface area (Å²) in [5, 5.41) is 5.33. The van der Waals surface area contributed by atoms with E-state index in [1.807, 2.05) is 12.3 Å². The van der Waals surface area contributed by atoms with E-state index in [0.29, 0.717) is 6.54 Å². The number of fused-ring (bicyclic) bond motifs is 1. The zero-order valence-electron chi connectivity index (χ0n) is 9.92. The van der Waals surface area contributed by atoms with Gasteiger partial charge in [-0.3, -0.25) is 0 Å². The summed E-state index contributed by atoms with van der Waals surface area (Å²) in [7, 11) is 1.62. The molecule has 2 amide bonds. The average Bonchev–Trinajstić information content (AvgIpc) is 2.59. The van der Waals surface area contributed by atoms with Crippen LogP contribution in [0.1, 0.15) is 16.8 Å². The third-order valence-corrected chi connectivity index (χ3v) is 2.85. The standard InChI is InChI=1S/C13H17N3O/c1-14-13(17)15-8-7-10-9-16-12-6-4-2-3-5-11(10)12/h2-4,6,9,16H,5,7-8H2,1H3,(H2,14,15,17). The molecule has 4 nitrogen and oxygen atoms in total. The van der Waals surface area contributed by atoms with Gasteiger partial charge >= 0.3 is 6.03 Å². The van der Waals surface area contributed by atoms with Gasteiger partial charge in [0.2, 0.25) is 0 Å². The number of hydrogen-bond donors (Lipinski definition) is 3. The number of carbonyl (C=O) groups is 1. The first-order valence-corrected chi connectivity index (χ1v) is 5.79. The average molecular weight is 231 g/mol.